The third kappa shape index (κ3) is 4.96. The van der Waals surface area contributed by atoms with Crippen molar-refractivity contribution in [1.29, 1.82) is 0 Å². The van der Waals surface area contributed by atoms with Crippen LogP contribution < -0.4 is 19.1 Å². The van der Waals surface area contributed by atoms with Crippen LogP contribution in [-0.4, -0.2) is 18.0 Å². The van der Waals surface area contributed by atoms with Crippen LogP contribution in [0.15, 0.2) is 77.8 Å². The van der Waals surface area contributed by atoms with Crippen LogP contribution >= 0.6 is 35.1 Å². The van der Waals surface area contributed by atoms with Gasteiger partial charge in [0.25, 0.3) is 0 Å². The number of hydrogen-bond donors (Lipinski definition) is 1. The van der Waals surface area contributed by atoms with Gasteiger partial charge in [-0.3, -0.25) is 4.79 Å². The van der Waals surface area contributed by atoms with Gasteiger partial charge < -0.3 is 19.1 Å². The Bertz CT molecular complexity index is 1600. The number of rotatable bonds is 8. The Hall–Kier alpha value is -3.46. The smallest absolute Gasteiger partial charge is 0.238 e. The lowest BCUT2D eigenvalue weighted by molar-refractivity contribution is -0.126. The standard InChI is InChI=1S/C30H24Cl2FN3O3S/c1-38-21-6-3-18(4-7-21)17-36-28-23(30(29(36)37)10-2-11-30)14-20(35-40-26-8-5-19(31)13-24(26)33)15-25(28)39-22-9-12-34-27(32)16-22/h3-9,12-16,35H,2,10-11,17H2,1H3. The van der Waals surface area contributed by atoms with Gasteiger partial charge >= 0.3 is 0 Å². The summed E-state index contributed by atoms with van der Waals surface area (Å²) in [5, 5.41) is 0.618. The summed E-state index contributed by atoms with van der Waals surface area (Å²) in [5.74, 6) is 1.35. The van der Waals surface area contributed by atoms with Crippen molar-refractivity contribution in [2.24, 2.45) is 0 Å². The first-order valence-electron chi connectivity index (χ1n) is 12.7. The van der Waals surface area contributed by atoms with Crippen LogP contribution in [0.3, 0.4) is 0 Å². The van der Waals surface area contributed by atoms with E-state index in [0.717, 1.165) is 53.8 Å². The van der Waals surface area contributed by atoms with Crippen LogP contribution in [-0.2, 0) is 16.8 Å². The maximum atomic E-state index is 14.5. The van der Waals surface area contributed by atoms with E-state index in [2.05, 4.69) is 9.71 Å². The second kappa shape index (κ2) is 10.8. The van der Waals surface area contributed by atoms with Crippen LogP contribution in [0.5, 0.6) is 17.2 Å². The van der Waals surface area contributed by atoms with Gasteiger partial charge in [-0.2, -0.15) is 0 Å². The number of nitrogens with zero attached hydrogens (tertiary/aromatic N) is 2. The number of amides is 1. The van der Waals surface area contributed by atoms with Gasteiger partial charge in [0, 0.05) is 29.0 Å². The van der Waals surface area contributed by atoms with Crippen LogP contribution in [0.25, 0.3) is 0 Å². The molecule has 0 bridgehead atoms. The third-order valence-corrected chi connectivity index (χ3v) is 8.65. The molecule has 6 rings (SSSR count). The summed E-state index contributed by atoms with van der Waals surface area (Å²) >= 11 is 13.2. The van der Waals surface area contributed by atoms with Crippen molar-refractivity contribution in [3.63, 3.8) is 0 Å². The predicted octanol–water partition coefficient (Wildman–Crippen LogP) is 8.42. The summed E-state index contributed by atoms with van der Waals surface area (Å²) in [6.07, 6.45) is 4.02. The number of methoxy groups -OCH3 is 1. The van der Waals surface area contributed by atoms with Crippen molar-refractivity contribution in [3.05, 3.63) is 100 Å². The Labute approximate surface area is 245 Å². The minimum absolute atomic E-state index is 0.0516. The van der Waals surface area contributed by atoms with Gasteiger partial charge in [-0.05, 0) is 78.4 Å². The molecule has 40 heavy (non-hydrogen) atoms. The summed E-state index contributed by atoms with van der Waals surface area (Å²) in [6.45, 7) is 0.378. The third-order valence-electron chi connectivity index (χ3n) is 7.32. The number of benzene rings is 3. The first-order chi connectivity index (χ1) is 19.4. The van der Waals surface area contributed by atoms with Crippen LogP contribution in [0.1, 0.15) is 30.4 Å². The molecule has 0 atom stereocenters. The summed E-state index contributed by atoms with van der Waals surface area (Å²) in [4.78, 5) is 20.3. The monoisotopic (exact) mass is 595 g/mol. The van der Waals surface area contributed by atoms with Crippen molar-refractivity contribution >= 4 is 52.4 Å². The molecule has 6 nitrogen and oxygen atoms in total. The lowest BCUT2D eigenvalue weighted by Crippen LogP contribution is -2.44. The number of aromatic nitrogens is 1. The Morgan fingerprint density at radius 3 is 2.52 bits per heavy atom. The van der Waals surface area contributed by atoms with E-state index < -0.39 is 11.2 Å². The van der Waals surface area contributed by atoms with E-state index >= 15 is 0 Å². The van der Waals surface area contributed by atoms with Gasteiger partial charge in [-0.1, -0.05) is 41.8 Å². The molecule has 0 radical (unpaired) electrons. The van der Waals surface area contributed by atoms with E-state index in [1.165, 1.54) is 6.07 Å². The van der Waals surface area contributed by atoms with E-state index in [1.54, 1.807) is 37.6 Å². The van der Waals surface area contributed by atoms with Gasteiger partial charge in [0.2, 0.25) is 5.91 Å². The highest BCUT2D eigenvalue weighted by molar-refractivity contribution is 8.00. The quantitative estimate of drug-likeness (QED) is 0.163. The fraction of sp³-hybridized carbons (Fsp3) is 0.200. The minimum atomic E-state index is -0.621. The molecule has 1 spiro atoms. The van der Waals surface area contributed by atoms with E-state index in [9.17, 15) is 9.18 Å². The molecule has 3 aromatic carbocycles. The SMILES string of the molecule is COc1ccc(CN2C(=O)C3(CCC3)c3cc(NSc4ccc(Cl)cc4F)cc(Oc4ccnc(Cl)c4)c32)cc1. The number of anilines is 2. The lowest BCUT2D eigenvalue weighted by Gasteiger charge is -2.37. The molecule has 204 valence electrons. The summed E-state index contributed by atoms with van der Waals surface area (Å²) in [6, 6.07) is 19.3. The van der Waals surface area contributed by atoms with E-state index in [1.807, 2.05) is 41.3 Å². The molecular formula is C30H24Cl2FN3O3S. The van der Waals surface area contributed by atoms with Crippen molar-refractivity contribution in [3.8, 4) is 17.2 Å². The molecule has 1 N–H and O–H groups in total. The molecular weight excluding hydrogens is 572 g/mol. The highest BCUT2D eigenvalue weighted by Gasteiger charge is 2.55. The molecule has 1 amide bonds. The molecule has 0 unspecified atom stereocenters. The molecule has 1 aliphatic heterocycles. The largest absolute Gasteiger partial charge is 0.497 e. The van der Waals surface area contributed by atoms with E-state index in [-0.39, 0.29) is 5.91 Å². The zero-order valence-electron chi connectivity index (χ0n) is 21.4. The number of ether oxygens (including phenoxy) is 2. The number of carbonyl (C=O) groups excluding carboxylic acids is 1. The molecule has 2 heterocycles. The molecule has 1 aromatic heterocycles. The summed E-state index contributed by atoms with van der Waals surface area (Å²) in [5.41, 5.74) is 2.64. The van der Waals surface area contributed by atoms with Crippen LogP contribution in [0, 0.1) is 5.82 Å². The van der Waals surface area contributed by atoms with Crippen molar-refractivity contribution in [1.82, 2.24) is 4.98 Å². The zero-order chi connectivity index (χ0) is 27.9. The normalized spacial score (nSPS) is 15.1. The number of carbonyl (C=O) groups is 1. The van der Waals surface area contributed by atoms with Gasteiger partial charge in [0.15, 0.2) is 5.75 Å². The maximum Gasteiger partial charge on any atom is 0.238 e. The zero-order valence-corrected chi connectivity index (χ0v) is 23.7. The highest BCUT2D eigenvalue weighted by Crippen LogP contribution is 2.58. The second-order valence-corrected chi connectivity index (χ2v) is 11.4. The summed E-state index contributed by atoms with van der Waals surface area (Å²) < 4.78 is 29.4. The maximum absolute atomic E-state index is 14.5. The van der Waals surface area contributed by atoms with Gasteiger partial charge in [-0.25, -0.2) is 9.37 Å². The average molecular weight is 597 g/mol. The fourth-order valence-corrected chi connectivity index (χ4v) is 6.15. The van der Waals surface area contributed by atoms with Crippen LogP contribution in [0.2, 0.25) is 10.2 Å². The van der Waals surface area contributed by atoms with Crippen molar-refractivity contribution in [2.45, 2.75) is 36.1 Å². The molecule has 1 aliphatic carbocycles. The fourth-order valence-electron chi connectivity index (χ4n) is 5.19. The Kier molecular flexibility index (Phi) is 7.25. The average Bonchev–Trinajstić information content (AvgIpc) is 3.16. The number of fused-ring (bicyclic) bond motifs is 2. The molecule has 4 aromatic rings. The number of halogens is 3. The first kappa shape index (κ1) is 26.7. The molecule has 10 heteroatoms. The van der Waals surface area contributed by atoms with Gasteiger partial charge in [-0.15, -0.1) is 0 Å². The van der Waals surface area contributed by atoms with Crippen molar-refractivity contribution < 1.29 is 18.7 Å². The van der Waals surface area contributed by atoms with Crippen LogP contribution in [0.4, 0.5) is 15.8 Å². The highest BCUT2D eigenvalue weighted by atomic mass is 35.5. The summed E-state index contributed by atoms with van der Waals surface area (Å²) in [7, 11) is 1.62. The van der Waals surface area contributed by atoms with E-state index in [4.69, 9.17) is 32.7 Å². The Balaban J connectivity index is 1.42. The molecule has 1 saturated carbocycles. The number of nitrogens with one attached hydrogen (secondary N) is 1. The van der Waals surface area contributed by atoms with Gasteiger partial charge in [0.05, 0.1) is 29.7 Å². The Morgan fingerprint density at radius 2 is 1.85 bits per heavy atom. The number of pyridine rings is 1. The Morgan fingerprint density at radius 1 is 1.05 bits per heavy atom. The first-order valence-corrected chi connectivity index (χ1v) is 14.2. The minimum Gasteiger partial charge on any atom is -0.497 e. The van der Waals surface area contributed by atoms with E-state index in [0.29, 0.717) is 38.8 Å². The molecule has 2 aliphatic rings. The van der Waals surface area contributed by atoms with Gasteiger partial charge in [0.1, 0.15) is 22.5 Å². The topological polar surface area (TPSA) is 63.7 Å². The van der Waals surface area contributed by atoms with Crippen molar-refractivity contribution in [2.75, 3.05) is 16.7 Å². The second-order valence-electron chi connectivity index (χ2n) is 9.74. The lowest BCUT2D eigenvalue weighted by atomic mass is 9.65. The molecule has 1 fully saturated rings. The number of hydrogen-bond acceptors (Lipinski definition) is 6. The predicted molar refractivity (Wildman–Crippen MR) is 156 cm³/mol. The molecule has 0 saturated heterocycles.